The van der Waals surface area contributed by atoms with E-state index in [0.29, 0.717) is 20.8 Å². The van der Waals surface area contributed by atoms with Crippen LogP contribution in [0.5, 0.6) is 0 Å². The molecule has 3 nitrogen and oxygen atoms in total. The minimum atomic E-state index is -0.998. The summed E-state index contributed by atoms with van der Waals surface area (Å²) in [5.41, 5.74) is 1.98. The number of rotatable bonds is 5. The van der Waals surface area contributed by atoms with Gasteiger partial charge in [0.15, 0.2) is 5.78 Å². The van der Waals surface area contributed by atoms with Gasteiger partial charge in [0.2, 0.25) is 0 Å². The van der Waals surface area contributed by atoms with E-state index in [2.05, 4.69) is 0 Å². The highest BCUT2D eigenvalue weighted by Crippen LogP contribution is 2.27. The Bertz CT molecular complexity index is 967. The first-order valence-electron chi connectivity index (χ1n) is 8.24. The smallest absolute Gasteiger partial charge is 0.168 e. The highest BCUT2D eigenvalue weighted by Gasteiger charge is 2.26. The summed E-state index contributed by atoms with van der Waals surface area (Å²) in [6.45, 7) is 1.70. The fourth-order valence-corrected chi connectivity index (χ4v) is 3.30. The normalized spacial score (nSPS) is 13.2. The Labute approximate surface area is 162 Å². The Balaban J connectivity index is 1.92. The third-order valence-corrected chi connectivity index (χ3v) is 5.03. The average Bonchev–Trinajstić information content (AvgIpc) is 2.68. The Morgan fingerprint density at radius 1 is 1.04 bits per heavy atom. The van der Waals surface area contributed by atoms with E-state index in [1.54, 1.807) is 37.3 Å². The number of Topliss-reactive ketones (excluding diaryl/α,β-unsaturated/α-hetero) is 1. The summed E-state index contributed by atoms with van der Waals surface area (Å²) in [6.07, 6.45) is 0.848. The van der Waals surface area contributed by atoms with Crippen molar-refractivity contribution in [1.29, 1.82) is 0 Å². The first-order valence-corrected chi connectivity index (χ1v) is 9.02. The predicted molar refractivity (Wildman–Crippen MR) is 107 cm³/mol. The Morgan fingerprint density at radius 2 is 1.69 bits per heavy atom. The summed E-state index contributed by atoms with van der Waals surface area (Å²) in [5, 5.41) is 11.4. The lowest BCUT2D eigenvalue weighted by atomic mass is 9.91. The molecule has 0 unspecified atom stereocenters. The molecule has 0 bridgehead atoms. The second-order valence-corrected chi connectivity index (χ2v) is 6.90. The summed E-state index contributed by atoms with van der Waals surface area (Å²) in [7, 11) is 0. The predicted octanol–water partition coefficient (Wildman–Crippen LogP) is 5.41. The number of nitrogens with zero attached hydrogens (tertiary/aromatic N) is 1. The summed E-state index contributed by atoms with van der Waals surface area (Å²) in [6, 6.07) is 19.9. The van der Waals surface area contributed by atoms with Crippen LogP contribution in [-0.2, 0) is 0 Å². The van der Waals surface area contributed by atoms with Crippen LogP contribution in [0, 0.1) is 10.6 Å². The van der Waals surface area contributed by atoms with Gasteiger partial charge in [0.05, 0.1) is 6.10 Å². The number of carbonyl (C=O) groups excluding carboxylic acids is 1. The van der Waals surface area contributed by atoms with Crippen molar-refractivity contribution in [3.63, 3.8) is 0 Å². The van der Waals surface area contributed by atoms with E-state index in [0.717, 1.165) is 5.69 Å². The lowest BCUT2D eigenvalue weighted by Crippen LogP contribution is -2.20. The maximum Gasteiger partial charge on any atom is 0.168 e. The number of carbonyl (C=O) groups is 1. The lowest BCUT2D eigenvalue weighted by molar-refractivity contribution is 0.0711. The van der Waals surface area contributed by atoms with E-state index in [4.69, 9.17) is 23.8 Å². The molecule has 132 valence electrons. The maximum atomic E-state index is 12.7. The van der Waals surface area contributed by atoms with Crippen LogP contribution in [-0.4, -0.2) is 15.5 Å². The van der Waals surface area contributed by atoms with Crippen LogP contribution < -0.4 is 0 Å². The highest BCUT2D eigenvalue weighted by molar-refractivity contribution is 7.71. The van der Waals surface area contributed by atoms with Gasteiger partial charge in [0.25, 0.3) is 0 Å². The van der Waals surface area contributed by atoms with Gasteiger partial charge < -0.3 is 9.67 Å². The molecule has 0 radical (unpaired) electrons. The van der Waals surface area contributed by atoms with Crippen molar-refractivity contribution in [1.82, 2.24) is 4.57 Å². The molecule has 1 aromatic heterocycles. The van der Waals surface area contributed by atoms with Crippen molar-refractivity contribution < 1.29 is 9.90 Å². The quantitative estimate of drug-likeness (QED) is 0.473. The number of pyridine rings is 1. The molecule has 0 fully saturated rings. The maximum absolute atomic E-state index is 12.7. The molecule has 2 aromatic carbocycles. The van der Waals surface area contributed by atoms with Crippen LogP contribution in [0.15, 0.2) is 72.9 Å². The molecule has 26 heavy (non-hydrogen) atoms. The monoisotopic (exact) mass is 383 g/mol. The van der Waals surface area contributed by atoms with E-state index in [1.807, 2.05) is 47.2 Å². The zero-order valence-electron chi connectivity index (χ0n) is 14.2. The Hall–Kier alpha value is -2.27. The topological polar surface area (TPSA) is 42.2 Å². The van der Waals surface area contributed by atoms with Gasteiger partial charge in [-0.3, -0.25) is 4.79 Å². The lowest BCUT2D eigenvalue weighted by Gasteiger charge is -2.20. The number of halogens is 1. The molecule has 0 amide bonds. The van der Waals surface area contributed by atoms with Crippen LogP contribution in [0.4, 0.5) is 0 Å². The van der Waals surface area contributed by atoms with Crippen LogP contribution in [0.25, 0.3) is 5.69 Å². The van der Waals surface area contributed by atoms with E-state index in [1.165, 1.54) is 0 Å². The summed E-state index contributed by atoms with van der Waals surface area (Å²) >= 11 is 11.4. The van der Waals surface area contributed by atoms with Gasteiger partial charge in [-0.1, -0.05) is 55.0 Å². The molecule has 0 aliphatic carbocycles. The zero-order valence-corrected chi connectivity index (χ0v) is 15.7. The van der Waals surface area contributed by atoms with E-state index in [9.17, 15) is 9.90 Å². The number of aliphatic hydroxyl groups excluding tert-OH is 1. The van der Waals surface area contributed by atoms with E-state index >= 15 is 0 Å². The molecule has 1 heterocycles. The molecular weight excluding hydrogens is 366 g/mol. The van der Waals surface area contributed by atoms with Gasteiger partial charge in [-0.25, -0.2) is 0 Å². The van der Waals surface area contributed by atoms with Gasteiger partial charge in [0, 0.05) is 34.0 Å². The molecule has 0 aliphatic rings. The van der Waals surface area contributed by atoms with Crippen LogP contribution in [0.3, 0.4) is 0 Å². The van der Waals surface area contributed by atoms with Crippen LogP contribution >= 0.6 is 23.8 Å². The summed E-state index contributed by atoms with van der Waals surface area (Å²) < 4.78 is 2.31. The third kappa shape index (κ3) is 3.78. The van der Waals surface area contributed by atoms with Crippen molar-refractivity contribution in [2.24, 2.45) is 5.92 Å². The van der Waals surface area contributed by atoms with Gasteiger partial charge in [0.1, 0.15) is 4.64 Å². The minimum absolute atomic E-state index is 0.154. The standard InChI is InChI=1S/C21H18ClNO2S/c1-14(19(24)15-9-11-16(22)12-10-15)20(25)18-8-5-13-23(21(18)26)17-6-3-2-4-7-17/h2-14,20,25H,1H3/t14-,20-/m1/s1. The average molecular weight is 384 g/mol. The molecular formula is C21H18ClNO2S. The molecule has 0 saturated heterocycles. The van der Waals surface area contributed by atoms with Crippen molar-refractivity contribution >= 4 is 29.6 Å². The molecule has 3 rings (SSSR count). The van der Waals surface area contributed by atoms with Crippen LogP contribution in [0.2, 0.25) is 5.02 Å². The molecule has 0 spiro atoms. The van der Waals surface area contributed by atoms with E-state index in [-0.39, 0.29) is 5.78 Å². The second-order valence-electron chi connectivity index (χ2n) is 6.08. The Morgan fingerprint density at radius 3 is 2.35 bits per heavy atom. The molecule has 2 atom stereocenters. The summed E-state index contributed by atoms with van der Waals surface area (Å²) in [5.74, 6) is -0.789. The van der Waals surface area contributed by atoms with Gasteiger partial charge in [-0.2, -0.15) is 0 Å². The largest absolute Gasteiger partial charge is 0.388 e. The van der Waals surface area contributed by atoms with Gasteiger partial charge >= 0.3 is 0 Å². The number of para-hydroxylation sites is 1. The first-order chi connectivity index (χ1) is 12.5. The van der Waals surface area contributed by atoms with Crippen molar-refractivity contribution in [2.75, 3.05) is 0 Å². The fraction of sp³-hybridized carbons (Fsp3) is 0.143. The third-order valence-electron chi connectivity index (χ3n) is 4.35. The zero-order chi connectivity index (χ0) is 18.7. The first kappa shape index (κ1) is 18.5. The highest BCUT2D eigenvalue weighted by atomic mass is 35.5. The van der Waals surface area contributed by atoms with Crippen molar-refractivity contribution in [3.8, 4) is 5.69 Å². The molecule has 3 aromatic rings. The number of hydrogen-bond acceptors (Lipinski definition) is 3. The van der Waals surface area contributed by atoms with E-state index < -0.39 is 12.0 Å². The summed E-state index contributed by atoms with van der Waals surface area (Å²) in [4.78, 5) is 12.7. The molecule has 0 saturated carbocycles. The van der Waals surface area contributed by atoms with Crippen molar-refractivity contribution in [2.45, 2.75) is 13.0 Å². The van der Waals surface area contributed by atoms with Gasteiger partial charge in [-0.15, -0.1) is 0 Å². The second kappa shape index (κ2) is 7.96. The Kier molecular flexibility index (Phi) is 5.67. The number of aliphatic hydroxyl groups is 1. The molecule has 1 N–H and O–H groups in total. The SMILES string of the molecule is C[C@H](C(=O)c1ccc(Cl)cc1)[C@@H](O)c1cccn(-c2ccccc2)c1=S. The van der Waals surface area contributed by atoms with Crippen molar-refractivity contribution in [3.05, 3.63) is 93.7 Å². The molecule has 5 heteroatoms. The minimum Gasteiger partial charge on any atom is -0.388 e. The van der Waals surface area contributed by atoms with Crippen LogP contribution in [0.1, 0.15) is 28.9 Å². The number of hydrogen-bond donors (Lipinski definition) is 1. The number of ketones is 1. The van der Waals surface area contributed by atoms with Gasteiger partial charge in [-0.05, 0) is 42.5 Å². The fourth-order valence-electron chi connectivity index (χ4n) is 2.82. The number of aromatic nitrogens is 1. The number of benzene rings is 2. The molecule has 0 aliphatic heterocycles.